The van der Waals surface area contributed by atoms with Crippen LogP contribution in [0.5, 0.6) is 5.75 Å². The number of Topliss-reactive ketones (excluding diaryl/α,β-unsaturated/α-hetero) is 1. The van der Waals surface area contributed by atoms with Crippen LogP contribution in [0.2, 0.25) is 0 Å². The third kappa shape index (κ3) is 3.48. The Labute approximate surface area is 169 Å². The summed E-state index contributed by atoms with van der Waals surface area (Å²) < 4.78 is 24.7. The second-order valence-electron chi connectivity index (χ2n) is 6.30. The largest absolute Gasteiger partial charge is 0.508 e. The molecule has 3 aromatic rings. The first kappa shape index (κ1) is 19.2. The zero-order chi connectivity index (χ0) is 21.3. The Morgan fingerprint density at radius 1 is 1.40 bits per heavy atom. The minimum atomic E-state index is -0.895. The molecule has 0 radical (unpaired) electrons. The van der Waals surface area contributed by atoms with Crippen molar-refractivity contribution >= 4 is 34.5 Å². The fourth-order valence-electron chi connectivity index (χ4n) is 2.97. The van der Waals surface area contributed by atoms with Gasteiger partial charge in [0.1, 0.15) is 17.2 Å². The number of aromatic hydroxyl groups is 1. The quantitative estimate of drug-likeness (QED) is 0.257. The number of hydrogen-bond donors (Lipinski definition) is 3. The van der Waals surface area contributed by atoms with Crippen LogP contribution in [0.15, 0.2) is 59.9 Å². The second-order valence-corrected chi connectivity index (χ2v) is 6.30. The zero-order valence-corrected chi connectivity index (χ0v) is 15.7. The number of nitrogens with one attached hydrogen (secondary N) is 2. The Kier molecular flexibility index (Phi) is 4.93. The molecule has 1 aromatic carbocycles. The lowest BCUT2D eigenvalue weighted by molar-refractivity contribution is -0.139. The topological polar surface area (TPSA) is 114 Å². The summed E-state index contributed by atoms with van der Waals surface area (Å²) in [6.07, 6.45) is 4.74. The van der Waals surface area contributed by atoms with Gasteiger partial charge in [-0.25, -0.2) is 14.2 Å². The van der Waals surface area contributed by atoms with E-state index in [-0.39, 0.29) is 35.3 Å². The number of anilines is 1. The molecule has 152 valence electrons. The Bertz CT molecular complexity index is 1230. The molecule has 0 aliphatic carbocycles. The van der Waals surface area contributed by atoms with E-state index in [1.165, 1.54) is 18.2 Å². The first-order valence-corrected chi connectivity index (χ1v) is 9.01. The van der Waals surface area contributed by atoms with E-state index in [0.29, 0.717) is 11.2 Å². The highest BCUT2D eigenvalue weighted by Crippen LogP contribution is 2.31. The predicted octanol–water partition coefficient (Wildman–Crippen LogP) is 3.23. The molecular formula is C21H16FN3O5. The molecule has 0 saturated heterocycles. The lowest BCUT2D eigenvalue weighted by atomic mass is 10.1. The third-order valence-corrected chi connectivity index (χ3v) is 4.34. The summed E-state index contributed by atoms with van der Waals surface area (Å²) in [6.45, 7) is 1.64. The van der Waals surface area contributed by atoms with Gasteiger partial charge in [0.15, 0.2) is 11.3 Å². The Morgan fingerprint density at radius 2 is 2.23 bits per heavy atom. The van der Waals surface area contributed by atoms with E-state index in [4.69, 9.17) is 9.47 Å². The number of carbonyl (C=O) groups is 2. The molecule has 8 nitrogen and oxygen atoms in total. The second kappa shape index (κ2) is 7.70. The number of phenolic OH excluding ortho intramolecular Hbond substituents is 1. The Hall–Kier alpha value is -4.14. The van der Waals surface area contributed by atoms with Gasteiger partial charge in [-0.15, -0.1) is 0 Å². The number of pyridine rings is 1. The van der Waals surface area contributed by atoms with E-state index in [0.717, 1.165) is 11.5 Å². The molecule has 0 spiro atoms. The molecule has 0 atom stereocenters. The van der Waals surface area contributed by atoms with Crippen LogP contribution >= 0.6 is 0 Å². The summed E-state index contributed by atoms with van der Waals surface area (Å²) in [6, 6.07) is 6.96. The van der Waals surface area contributed by atoms with E-state index in [2.05, 4.69) is 15.3 Å². The molecule has 0 saturated carbocycles. The van der Waals surface area contributed by atoms with Crippen LogP contribution in [-0.4, -0.2) is 33.4 Å². The first-order chi connectivity index (χ1) is 14.5. The number of hydrogen-bond acceptors (Lipinski definition) is 7. The predicted molar refractivity (Wildman–Crippen MR) is 106 cm³/mol. The van der Waals surface area contributed by atoms with Gasteiger partial charge >= 0.3 is 5.97 Å². The molecule has 9 heteroatoms. The van der Waals surface area contributed by atoms with E-state index in [9.17, 15) is 19.1 Å². The molecule has 30 heavy (non-hydrogen) atoms. The summed E-state index contributed by atoms with van der Waals surface area (Å²) >= 11 is 0. The van der Waals surface area contributed by atoms with Crippen LogP contribution in [0.4, 0.5) is 10.1 Å². The summed E-state index contributed by atoms with van der Waals surface area (Å²) in [5, 5.41) is 12.7. The van der Waals surface area contributed by atoms with E-state index < -0.39 is 17.6 Å². The third-order valence-electron chi connectivity index (χ3n) is 4.34. The fraction of sp³-hybridized carbons (Fsp3) is 0.0952. The van der Waals surface area contributed by atoms with E-state index in [1.807, 2.05) is 6.07 Å². The van der Waals surface area contributed by atoms with Crippen molar-refractivity contribution in [2.24, 2.45) is 0 Å². The summed E-state index contributed by atoms with van der Waals surface area (Å²) in [4.78, 5) is 32.4. The normalized spacial score (nSPS) is 15.0. The number of fused-ring (bicyclic) bond motifs is 1. The van der Waals surface area contributed by atoms with Crippen LogP contribution in [0.3, 0.4) is 0 Å². The summed E-state index contributed by atoms with van der Waals surface area (Å²) in [5.74, 6) is -3.05. The molecule has 0 fully saturated rings. The van der Waals surface area contributed by atoms with Gasteiger partial charge in [0, 0.05) is 29.4 Å². The number of aromatic nitrogens is 2. The monoisotopic (exact) mass is 409 g/mol. The van der Waals surface area contributed by atoms with Crippen molar-refractivity contribution < 1.29 is 28.6 Å². The van der Waals surface area contributed by atoms with Crippen molar-refractivity contribution in [1.82, 2.24) is 9.97 Å². The van der Waals surface area contributed by atoms with Crippen molar-refractivity contribution in [3.05, 3.63) is 71.3 Å². The van der Waals surface area contributed by atoms with E-state index in [1.54, 1.807) is 25.4 Å². The smallest absolute Gasteiger partial charge is 0.347 e. The van der Waals surface area contributed by atoms with E-state index >= 15 is 0 Å². The number of carbonyl (C=O) groups excluding carboxylic acids is 2. The van der Waals surface area contributed by atoms with Crippen molar-refractivity contribution in [1.29, 1.82) is 0 Å². The van der Waals surface area contributed by atoms with Gasteiger partial charge in [-0.05, 0) is 37.3 Å². The van der Waals surface area contributed by atoms with Crippen molar-refractivity contribution in [2.75, 3.05) is 11.9 Å². The Morgan fingerprint density at radius 3 is 3.00 bits per heavy atom. The number of allylic oxidation sites excluding steroid dienone is 1. The standard InChI is InChI=1S/C21H16FN3O5/c1-2-29-21(28)17-18(27)16(8-11-10-24-19-13(11)4-3-7-23-19)30-20(17)25-15-6-5-12(26)9-14(15)22/h3-10,25-26H,2H2,1H3,(H,23,24)/b16-8-. The highest BCUT2D eigenvalue weighted by atomic mass is 19.1. The van der Waals surface area contributed by atoms with Gasteiger partial charge in [0.2, 0.25) is 11.7 Å². The minimum Gasteiger partial charge on any atom is -0.508 e. The molecule has 4 rings (SSSR count). The van der Waals surface area contributed by atoms with Crippen LogP contribution in [0, 0.1) is 5.82 Å². The molecule has 0 amide bonds. The molecule has 1 aliphatic heterocycles. The van der Waals surface area contributed by atoms with Gasteiger partial charge in [-0.1, -0.05) is 0 Å². The Balaban J connectivity index is 1.72. The van der Waals surface area contributed by atoms with Gasteiger partial charge in [-0.3, -0.25) is 4.79 Å². The average Bonchev–Trinajstić information content (AvgIpc) is 3.26. The number of halogens is 1. The molecule has 0 unspecified atom stereocenters. The number of esters is 1. The van der Waals surface area contributed by atoms with Gasteiger partial charge < -0.3 is 24.9 Å². The maximum atomic E-state index is 14.1. The number of nitrogens with zero attached hydrogens (tertiary/aromatic N) is 1. The first-order valence-electron chi connectivity index (χ1n) is 9.01. The number of ketones is 1. The highest BCUT2D eigenvalue weighted by molar-refractivity contribution is 6.26. The van der Waals surface area contributed by atoms with Gasteiger partial charge in [-0.2, -0.15) is 0 Å². The molecule has 3 N–H and O–H groups in total. The van der Waals surface area contributed by atoms with Crippen LogP contribution in [0.1, 0.15) is 12.5 Å². The molecule has 1 aliphatic rings. The number of benzene rings is 1. The molecule has 0 bridgehead atoms. The zero-order valence-electron chi connectivity index (χ0n) is 15.7. The van der Waals surface area contributed by atoms with Crippen LogP contribution < -0.4 is 5.32 Å². The fourth-order valence-corrected chi connectivity index (χ4v) is 2.97. The van der Waals surface area contributed by atoms with Crippen LogP contribution in [-0.2, 0) is 19.1 Å². The number of H-pyrrole nitrogens is 1. The van der Waals surface area contributed by atoms with Crippen molar-refractivity contribution in [3.8, 4) is 5.75 Å². The maximum absolute atomic E-state index is 14.1. The summed E-state index contributed by atoms with van der Waals surface area (Å²) in [7, 11) is 0. The number of phenols is 1. The minimum absolute atomic E-state index is 0.0453. The SMILES string of the molecule is CCOC(=O)C1=C(Nc2ccc(O)cc2F)O/C(=C\c2c[nH]c3ncccc23)C1=O. The average molecular weight is 409 g/mol. The highest BCUT2D eigenvalue weighted by Gasteiger charge is 2.37. The lowest BCUT2D eigenvalue weighted by Gasteiger charge is -2.09. The number of aromatic amines is 1. The molecule has 2 aromatic heterocycles. The maximum Gasteiger partial charge on any atom is 0.347 e. The van der Waals surface area contributed by atoms with Crippen LogP contribution in [0.25, 0.3) is 17.1 Å². The van der Waals surface area contributed by atoms with Gasteiger partial charge in [0.25, 0.3) is 0 Å². The van der Waals surface area contributed by atoms with Gasteiger partial charge in [0.05, 0.1) is 12.3 Å². The molecular weight excluding hydrogens is 393 g/mol. The number of ether oxygens (including phenoxy) is 2. The molecule has 3 heterocycles. The summed E-state index contributed by atoms with van der Waals surface area (Å²) in [5.41, 5.74) is 0.781. The van der Waals surface area contributed by atoms with Crippen molar-refractivity contribution in [2.45, 2.75) is 6.92 Å². The number of rotatable bonds is 5. The van der Waals surface area contributed by atoms with Crippen molar-refractivity contribution in [3.63, 3.8) is 0 Å². The lowest BCUT2D eigenvalue weighted by Crippen LogP contribution is -2.16.